The fraction of sp³-hybridized carbons (Fsp3) is 0.391. The van der Waals surface area contributed by atoms with Gasteiger partial charge in [-0.3, -0.25) is 0 Å². The van der Waals surface area contributed by atoms with Crippen molar-refractivity contribution in [2.45, 2.75) is 37.5 Å². The number of nitrogens with zero attached hydrogens (tertiary/aromatic N) is 1. The van der Waals surface area contributed by atoms with Crippen LogP contribution in [0.25, 0.3) is 0 Å². The predicted molar refractivity (Wildman–Crippen MR) is 114 cm³/mol. The molecule has 6 nitrogen and oxygen atoms in total. The first-order valence-electron chi connectivity index (χ1n) is 10.1. The Bertz CT molecular complexity index is 904. The zero-order valence-corrected chi connectivity index (χ0v) is 18.1. The van der Waals surface area contributed by atoms with Gasteiger partial charge in [0.05, 0.1) is 5.60 Å². The van der Waals surface area contributed by atoms with Crippen LogP contribution in [0.2, 0.25) is 0 Å². The van der Waals surface area contributed by atoms with Gasteiger partial charge in [0.25, 0.3) is 0 Å². The van der Waals surface area contributed by atoms with Crippen molar-refractivity contribution in [3.05, 3.63) is 70.2 Å². The van der Waals surface area contributed by atoms with Crippen molar-refractivity contribution in [3.8, 4) is 0 Å². The Kier molecular flexibility index (Phi) is 6.11. The summed E-state index contributed by atoms with van der Waals surface area (Å²) in [6.07, 6.45) is 1.86. The topological polar surface area (TPSA) is 76.1 Å². The molecule has 1 heterocycles. The summed E-state index contributed by atoms with van der Waals surface area (Å²) in [6, 6.07) is 17.5. The number of ether oxygens (including phenoxy) is 2. The van der Waals surface area contributed by atoms with E-state index in [9.17, 15) is 14.7 Å². The third kappa shape index (κ3) is 4.23. The van der Waals surface area contributed by atoms with Gasteiger partial charge in [-0.05, 0) is 42.5 Å². The van der Waals surface area contributed by atoms with Crippen LogP contribution in [0, 0.1) is 5.92 Å². The van der Waals surface area contributed by atoms with Crippen molar-refractivity contribution >= 4 is 28.0 Å². The number of aliphatic carboxylic acids is 1. The number of halogens is 1. The summed E-state index contributed by atoms with van der Waals surface area (Å²) in [5.74, 6) is -0.980. The number of carboxylic acids is 1. The molecule has 30 heavy (non-hydrogen) atoms. The van der Waals surface area contributed by atoms with Gasteiger partial charge in [-0.1, -0.05) is 58.4 Å². The average Bonchev–Trinajstić information content (AvgIpc) is 3.12. The van der Waals surface area contributed by atoms with Crippen LogP contribution in [0.5, 0.6) is 0 Å². The smallest absolute Gasteiger partial charge is 0.410 e. The van der Waals surface area contributed by atoms with Gasteiger partial charge in [0, 0.05) is 23.0 Å². The molecule has 3 unspecified atom stereocenters. The summed E-state index contributed by atoms with van der Waals surface area (Å²) in [6.45, 7) is 0.366. The van der Waals surface area contributed by atoms with Crippen LogP contribution in [-0.4, -0.2) is 41.3 Å². The van der Waals surface area contributed by atoms with Gasteiger partial charge in [-0.25, -0.2) is 9.59 Å². The number of hydrogen-bond acceptors (Lipinski definition) is 4. The lowest BCUT2D eigenvalue weighted by molar-refractivity contribution is -0.158. The van der Waals surface area contributed by atoms with Crippen LogP contribution in [0.4, 0.5) is 4.79 Å². The van der Waals surface area contributed by atoms with Gasteiger partial charge in [-0.2, -0.15) is 0 Å². The molecule has 1 amide bonds. The number of likely N-dealkylation sites (tertiary alicyclic amines) is 1. The molecule has 2 fully saturated rings. The predicted octanol–water partition coefficient (Wildman–Crippen LogP) is 4.57. The molecular formula is C23H24BrNO5. The first-order chi connectivity index (χ1) is 14.5. The Morgan fingerprint density at radius 3 is 2.57 bits per heavy atom. The molecule has 2 aromatic carbocycles. The van der Waals surface area contributed by atoms with Crippen LogP contribution in [0.15, 0.2) is 59.1 Å². The summed E-state index contributed by atoms with van der Waals surface area (Å²) in [5, 5.41) is 9.22. The molecule has 0 aromatic heterocycles. The Balaban J connectivity index is 1.51. The van der Waals surface area contributed by atoms with Gasteiger partial charge in [-0.15, -0.1) is 0 Å². The Morgan fingerprint density at radius 2 is 1.87 bits per heavy atom. The van der Waals surface area contributed by atoms with Crippen LogP contribution < -0.4 is 0 Å². The molecule has 0 radical (unpaired) electrons. The van der Waals surface area contributed by atoms with Crippen molar-refractivity contribution in [2.24, 2.45) is 5.92 Å². The lowest BCUT2D eigenvalue weighted by Gasteiger charge is -2.41. The zero-order valence-electron chi connectivity index (χ0n) is 16.5. The fourth-order valence-corrected chi connectivity index (χ4v) is 4.98. The Hall–Kier alpha value is -2.38. The van der Waals surface area contributed by atoms with Crippen molar-refractivity contribution < 1.29 is 24.2 Å². The van der Waals surface area contributed by atoms with Crippen LogP contribution in [-0.2, 0) is 26.5 Å². The summed E-state index contributed by atoms with van der Waals surface area (Å²) in [4.78, 5) is 25.8. The van der Waals surface area contributed by atoms with E-state index in [0.29, 0.717) is 13.0 Å². The Labute approximate surface area is 183 Å². The third-order valence-corrected chi connectivity index (χ3v) is 6.68. The van der Waals surface area contributed by atoms with Gasteiger partial charge in [0.1, 0.15) is 13.2 Å². The van der Waals surface area contributed by atoms with Crippen LogP contribution in [0.3, 0.4) is 0 Å². The van der Waals surface area contributed by atoms with Crippen molar-refractivity contribution in [3.63, 3.8) is 0 Å². The number of amides is 1. The average molecular weight is 474 g/mol. The van der Waals surface area contributed by atoms with Crippen molar-refractivity contribution in [1.29, 1.82) is 0 Å². The number of hydrogen-bond donors (Lipinski definition) is 1. The highest BCUT2D eigenvalue weighted by Gasteiger charge is 2.53. The first kappa shape index (κ1) is 20.9. The number of benzene rings is 2. The fourth-order valence-electron chi connectivity index (χ4n) is 4.72. The number of carbonyl (C=O) groups is 2. The maximum absolute atomic E-state index is 12.8. The summed E-state index contributed by atoms with van der Waals surface area (Å²) in [5.41, 5.74) is 1.18. The molecule has 158 valence electrons. The van der Waals surface area contributed by atoms with E-state index in [2.05, 4.69) is 15.9 Å². The van der Waals surface area contributed by atoms with Crippen LogP contribution >= 0.6 is 15.9 Å². The molecule has 1 aliphatic carbocycles. The van der Waals surface area contributed by atoms with E-state index < -0.39 is 11.6 Å². The van der Waals surface area contributed by atoms with E-state index in [1.807, 2.05) is 54.6 Å². The van der Waals surface area contributed by atoms with Gasteiger partial charge >= 0.3 is 12.1 Å². The minimum Gasteiger partial charge on any atom is -0.480 e. The quantitative estimate of drug-likeness (QED) is 0.664. The summed E-state index contributed by atoms with van der Waals surface area (Å²) < 4.78 is 12.6. The molecule has 1 saturated heterocycles. The molecule has 1 N–H and O–H groups in total. The molecule has 0 spiro atoms. The molecule has 1 saturated carbocycles. The number of carbonyl (C=O) groups excluding carboxylic acids is 1. The van der Waals surface area contributed by atoms with E-state index in [1.165, 1.54) is 0 Å². The first-order valence-corrected chi connectivity index (χ1v) is 10.9. The lowest BCUT2D eigenvalue weighted by Crippen LogP contribution is -2.42. The highest BCUT2D eigenvalue weighted by atomic mass is 79.9. The molecule has 1 aliphatic heterocycles. The SMILES string of the molecule is O=C(O)COC1(c2ccc(Br)cc2)CCC2CC1CN2C(=O)OCc1ccccc1. The monoisotopic (exact) mass is 473 g/mol. The number of fused-ring (bicyclic) bond motifs is 2. The van der Waals surface area contributed by atoms with Crippen molar-refractivity contribution in [1.82, 2.24) is 4.90 Å². The molecule has 7 heteroatoms. The summed E-state index contributed by atoms with van der Waals surface area (Å²) >= 11 is 3.45. The highest BCUT2D eigenvalue weighted by Crippen LogP contribution is 2.50. The molecule has 4 rings (SSSR count). The maximum atomic E-state index is 12.8. The van der Waals surface area contributed by atoms with E-state index in [4.69, 9.17) is 9.47 Å². The van der Waals surface area contributed by atoms with E-state index in [1.54, 1.807) is 4.90 Å². The minimum absolute atomic E-state index is 0.0149. The zero-order chi connectivity index (χ0) is 21.1. The molecular weight excluding hydrogens is 450 g/mol. The minimum atomic E-state index is -0.995. The van der Waals surface area contributed by atoms with E-state index in [0.717, 1.165) is 28.4 Å². The number of carboxylic acid groups (broad SMARTS) is 1. The molecule has 2 aliphatic rings. The lowest BCUT2D eigenvalue weighted by atomic mass is 9.72. The van der Waals surface area contributed by atoms with Crippen LogP contribution in [0.1, 0.15) is 30.4 Å². The number of rotatable bonds is 6. The molecule has 2 bridgehead atoms. The Morgan fingerprint density at radius 1 is 1.13 bits per heavy atom. The van der Waals surface area contributed by atoms with Gasteiger partial charge in [0.2, 0.25) is 0 Å². The molecule has 3 atom stereocenters. The molecule has 2 aromatic rings. The second kappa shape index (κ2) is 8.78. The highest BCUT2D eigenvalue weighted by molar-refractivity contribution is 9.10. The largest absolute Gasteiger partial charge is 0.480 e. The van der Waals surface area contributed by atoms with Gasteiger partial charge in [0.15, 0.2) is 0 Å². The maximum Gasteiger partial charge on any atom is 0.410 e. The third-order valence-electron chi connectivity index (χ3n) is 6.15. The van der Waals surface area contributed by atoms with E-state index >= 15 is 0 Å². The second-order valence-electron chi connectivity index (χ2n) is 7.90. The normalized spacial score (nSPS) is 25.2. The second-order valence-corrected chi connectivity index (χ2v) is 8.81. The standard InChI is InChI=1S/C23H24BrNO5/c24-19-8-6-17(7-9-19)23(30-15-21(26)27)11-10-20-12-18(23)13-25(20)22(28)29-14-16-4-2-1-3-5-16/h1-9,18,20H,10-15H2,(H,26,27). The summed E-state index contributed by atoms with van der Waals surface area (Å²) in [7, 11) is 0. The van der Waals surface area contributed by atoms with E-state index in [-0.39, 0.29) is 31.3 Å². The van der Waals surface area contributed by atoms with Gasteiger partial charge < -0.3 is 19.5 Å². The van der Waals surface area contributed by atoms with Crippen molar-refractivity contribution in [2.75, 3.05) is 13.2 Å².